The Morgan fingerprint density at radius 3 is 2.60 bits per heavy atom. The van der Waals surface area contributed by atoms with Gasteiger partial charge in [0.15, 0.2) is 5.69 Å². The van der Waals surface area contributed by atoms with Crippen molar-refractivity contribution < 1.29 is 22.7 Å². The first-order valence-corrected chi connectivity index (χ1v) is 6.13. The molecule has 108 valence electrons. The van der Waals surface area contributed by atoms with Crippen molar-refractivity contribution in [1.29, 1.82) is 0 Å². The highest BCUT2D eigenvalue weighted by molar-refractivity contribution is 5.90. The summed E-state index contributed by atoms with van der Waals surface area (Å²) in [6, 6.07) is 2.18. The van der Waals surface area contributed by atoms with Gasteiger partial charge in [0, 0.05) is 6.20 Å². The number of pyridine rings is 1. The Hall–Kier alpha value is -2.05. The smallest absolute Gasteiger partial charge is 0.417 e. The molecule has 4 nitrogen and oxygen atoms in total. The Balaban J connectivity index is 2.66. The highest BCUT2D eigenvalue weighted by atomic mass is 19.4. The van der Waals surface area contributed by atoms with Crippen molar-refractivity contribution >= 4 is 11.6 Å². The zero-order valence-electron chi connectivity index (χ0n) is 11.0. The van der Waals surface area contributed by atoms with Crippen LogP contribution in [-0.4, -0.2) is 22.0 Å². The lowest BCUT2D eigenvalue weighted by Crippen LogP contribution is -2.12. The standard InChI is InChI=1S/C13H13F3N2O2/c1-3-9-11(12(19)20-4-2)18-7-8(13(14,15)16)5-6-10(18)17-9/h5-7H,3-4H2,1-2H3. The van der Waals surface area contributed by atoms with Gasteiger partial charge in [-0.1, -0.05) is 6.92 Å². The predicted octanol–water partition coefficient (Wildman–Crippen LogP) is 3.09. The monoisotopic (exact) mass is 286 g/mol. The largest absolute Gasteiger partial charge is 0.461 e. The van der Waals surface area contributed by atoms with Crippen LogP contribution in [-0.2, 0) is 17.3 Å². The summed E-state index contributed by atoms with van der Waals surface area (Å²) in [6.45, 7) is 3.55. The molecule has 2 aromatic rings. The lowest BCUT2D eigenvalue weighted by Gasteiger charge is -2.08. The van der Waals surface area contributed by atoms with Crippen molar-refractivity contribution in [3.63, 3.8) is 0 Å². The average molecular weight is 286 g/mol. The normalized spacial score (nSPS) is 11.8. The van der Waals surface area contributed by atoms with Gasteiger partial charge < -0.3 is 4.74 Å². The number of hydrogen-bond acceptors (Lipinski definition) is 3. The van der Waals surface area contributed by atoms with Crippen LogP contribution in [0, 0.1) is 0 Å². The highest BCUT2D eigenvalue weighted by Gasteiger charge is 2.32. The molecule has 0 amide bonds. The molecule has 0 aliphatic heterocycles. The van der Waals surface area contributed by atoms with Gasteiger partial charge in [0.05, 0.1) is 17.9 Å². The van der Waals surface area contributed by atoms with Crippen molar-refractivity contribution in [3.8, 4) is 0 Å². The van der Waals surface area contributed by atoms with E-state index in [-0.39, 0.29) is 17.9 Å². The van der Waals surface area contributed by atoms with E-state index in [1.807, 2.05) is 0 Å². The first kappa shape index (κ1) is 14.4. The number of alkyl halides is 3. The number of fused-ring (bicyclic) bond motifs is 1. The summed E-state index contributed by atoms with van der Waals surface area (Å²) in [4.78, 5) is 16.0. The average Bonchev–Trinajstić information content (AvgIpc) is 2.75. The molecule has 0 spiro atoms. The molecule has 0 unspecified atom stereocenters. The third kappa shape index (κ3) is 2.48. The molecule has 0 saturated heterocycles. The number of halogens is 3. The minimum Gasteiger partial charge on any atom is -0.461 e. The van der Waals surface area contributed by atoms with Crippen LogP contribution >= 0.6 is 0 Å². The quantitative estimate of drug-likeness (QED) is 0.814. The molecule has 2 rings (SSSR count). The van der Waals surface area contributed by atoms with E-state index in [9.17, 15) is 18.0 Å². The van der Waals surface area contributed by atoms with E-state index in [1.54, 1.807) is 13.8 Å². The maximum Gasteiger partial charge on any atom is 0.417 e. The van der Waals surface area contributed by atoms with E-state index in [0.717, 1.165) is 16.7 Å². The van der Waals surface area contributed by atoms with E-state index >= 15 is 0 Å². The van der Waals surface area contributed by atoms with E-state index < -0.39 is 17.7 Å². The fraction of sp³-hybridized carbons (Fsp3) is 0.385. The zero-order valence-corrected chi connectivity index (χ0v) is 11.0. The third-order valence-corrected chi connectivity index (χ3v) is 2.82. The molecule has 0 aromatic carbocycles. The van der Waals surface area contributed by atoms with Gasteiger partial charge in [-0.15, -0.1) is 0 Å². The first-order chi connectivity index (χ1) is 9.38. The molecule has 0 fully saturated rings. The highest BCUT2D eigenvalue weighted by Crippen LogP contribution is 2.30. The summed E-state index contributed by atoms with van der Waals surface area (Å²) in [7, 11) is 0. The summed E-state index contributed by atoms with van der Waals surface area (Å²) in [5.41, 5.74) is -0.0771. The van der Waals surface area contributed by atoms with Crippen LogP contribution in [0.4, 0.5) is 13.2 Å². The van der Waals surface area contributed by atoms with E-state index in [0.29, 0.717) is 12.1 Å². The van der Waals surface area contributed by atoms with Crippen LogP contribution in [0.25, 0.3) is 5.65 Å². The number of aryl methyl sites for hydroxylation is 1. The number of nitrogens with zero attached hydrogens (tertiary/aromatic N) is 2. The van der Waals surface area contributed by atoms with Crippen LogP contribution < -0.4 is 0 Å². The van der Waals surface area contributed by atoms with Gasteiger partial charge >= 0.3 is 12.1 Å². The summed E-state index contributed by atoms with van der Waals surface area (Å²) in [6.07, 6.45) is -3.18. The maximum atomic E-state index is 12.7. The Bertz CT molecular complexity index is 647. The lowest BCUT2D eigenvalue weighted by molar-refractivity contribution is -0.137. The molecule has 0 radical (unpaired) electrons. The Labute approximate surface area is 113 Å². The molecule has 2 aromatic heterocycles. The number of carbonyl (C=O) groups is 1. The van der Waals surface area contributed by atoms with Gasteiger partial charge in [0.25, 0.3) is 0 Å². The topological polar surface area (TPSA) is 43.6 Å². The van der Waals surface area contributed by atoms with Gasteiger partial charge in [-0.3, -0.25) is 4.40 Å². The molecule has 7 heteroatoms. The molecule has 0 aliphatic rings. The number of imidazole rings is 1. The van der Waals surface area contributed by atoms with Gasteiger partial charge in [0.1, 0.15) is 5.65 Å². The van der Waals surface area contributed by atoms with Crippen molar-refractivity contribution in [2.45, 2.75) is 26.4 Å². The second-order valence-corrected chi connectivity index (χ2v) is 4.12. The van der Waals surface area contributed by atoms with Crippen LogP contribution in [0.5, 0.6) is 0 Å². The minimum absolute atomic E-state index is 0.0513. The number of ether oxygens (including phenoxy) is 1. The second kappa shape index (κ2) is 5.15. The fourth-order valence-corrected chi connectivity index (χ4v) is 1.92. The van der Waals surface area contributed by atoms with Crippen LogP contribution in [0.3, 0.4) is 0 Å². The van der Waals surface area contributed by atoms with E-state index in [2.05, 4.69) is 4.98 Å². The summed E-state index contributed by atoms with van der Waals surface area (Å²) in [5.74, 6) is -0.670. The lowest BCUT2D eigenvalue weighted by atomic mass is 10.2. The number of hydrogen-bond donors (Lipinski definition) is 0. The zero-order chi connectivity index (χ0) is 14.9. The van der Waals surface area contributed by atoms with Crippen LogP contribution in [0.2, 0.25) is 0 Å². The van der Waals surface area contributed by atoms with Crippen molar-refractivity contribution in [3.05, 3.63) is 35.3 Å². The van der Waals surface area contributed by atoms with Gasteiger partial charge in [-0.2, -0.15) is 13.2 Å². The summed E-state index contributed by atoms with van der Waals surface area (Å²) in [5, 5.41) is 0. The van der Waals surface area contributed by atoms with Crippen molar-refractivity contribution in [1.82, 2.24) is 9.38 Å². The van der Waals surface area contributed by atoms with E-state index in [1.165, 1.54) is 6.07 Å². The van der Waals surface area contributed by atoms with Crippen molar-refractivity contribution in [2.24, 2.45) is 0 Å². The van der Waals surface area contributed by atoms with Gasteiger partial charge in [-0.05, 0) is 25.5 Å². The molecular weight excluding hydrogens is 273 g/mol. The number of rotatable bonds is 3. The number of carbonyl (C=O) groups excluding carboxylic acids is 1. The first-order valence-electron chi connectivity index (χ1n) is 6.13. The van der Waals surface area contributed by atoms with E-state index in [4.69, 9.17) is 4.74 Å². The fourth-order valence-electron chi connectivity index (χ4n) is 1.92. The number of aromatic nitrogens is 2. The molecule has 2 heterocycles. The Kier molecular flexibility index (Phi) is 3.69. The molecule has 0 N–H and O–H groups in total. The van der Waals surface area contributed by atoms with Crippen LogP contribution in [0.15, 0.2) is 18.3 Å². The van der Waals surface area contributed by atoms with Gasteiger partial charge in [-0.25, -0.2) is 9.78 Å². The Morgan fingerprint density at radius 2 is 2.05 bits per heavy atom. The second-order valence-electron chi connectivity index (χ2n) is 4.12. The molecule has 0 aliphatic carbocycles. The SMILES string of the molecule is CCOC(=O)c1c(CC)nc2ccc(C(F)(F)F)cn12. The molecule has 0 atom stereocenters. The molecular formula is C13H13F3N2O2. The molecule has 20 heavy (non-hydrogen) atoms. The van der Waals surface area contributed by atoms with Crippen molar-refractivity contribution in [2.75, 3.05) is 6.61 Å². The predicted molar refractivity (Wildman–Crippen MR) is 65.5 cm³/mol. The maximum absolute atomic E-state index is 12.7. The van der Waals surface area contributed by atoms with Gasteiger partial charge in [0.2, 0.25) is 0 Å². The summed E-state index contributed by atoms with van der Waals surface area (Å²) >= 11 is 0. The summed E-state index contributed by atoms with van der Waals surface area (Å²) < 4.78 is 44.2. The molecule has 0 saturated carbocycles. The van der Waals surface area contributed by atoms with Crippen LogP contribution in [0.1, 0.15) is 35.6 Å². The third-order valence-electron chi connectivity index (χ3n) is 2.82. The Morgan fingerprint density at radius 1 is 1.35 bits per heavy atom. The minimum atomic E-state index is -4.48. The molecule has 0 bridgehead atoms. The number of esters is 1.